The second-order valence-corrected chi connectivity index (χ2v) is 6.68. The summed E-state index contributed by atoms with van der Waals surface area (Å²) >= 11 is 9.96. The highest BCUT2D eigenvalue weighted by atomic mass is 79.9. The molecule has 1 aromatic rings. The SMILES string of the molecule is CC1CN2CCCC2CN1c1ccc(CBr)cc1Cl. The average molecular weight is 344 g/mol. The number of nitrogens with zero attached hydrogens (tertiary/aromatic N) is 2. The van der Waals surface area contributed by atoms with Crippen LogP contribution in [0.25, 0.3) is 0 Å². The number of hydrogen-bond acceptors (Lipinski definition) is 2. The summed E-state index contributed by atoms with van der Waals surface area (Å²) in [6.45, 7) is 5.87. The molecule has 2 aliphatic rings. The maximum Gasteiger partial charge on any atom is 0.0642 e. The van der Waals surface area contributed by atoms with Crippen LogP contribution in [0.5, 0.6) is 0 Å². The summed E-state index contributed by atoms with van der Waals surface area (Å²) in [5, 5.41) is 1.74. The summed E-state index contributed by atoms with van der Waals surface area (Å²) in [5.74, 6) is 0. The van der Waals surface area contributed by atoms with E-state index >= 15 is 0 Å². The van der Waals surface area contributed by atoms with Crippen LogP contribution in [0.2, 0.25) is 5.02 Å². The first kappa shape index (κ1) is 13.7. The Labute approximate surface area is 128 Å². The van der Waals surface area contributed by atoms with Gasteiger partial charge in [0.15, 0.2) is 0 Å². The number of alkyl halides is 1. The molecule has 2 aliphatic heterocycles. The van der Waals surface area contributed by atoms with Crippen molar-refractivity contribution in [3.63, 3.8) is 0 Å². The van der Waals surface area contributed by atoms with E-state index in [2.05, 4.69) is 50.9 Å². The third kappa shape index (κ3) is 2.65. The fourth-order valence-corrected chi connectivity index (χ4v) is 4.05. The van der Waals surface area contributed by atoms with E-state index in [-0.39, 0.29) is 0 Å². The molecule has 2 heterocycles. The second-order valence-electron chi connectivity index (χ2n) is 5.71. The predicted molar refractivity (Wildman–Crippen MR) is 85.5 cm³/mol. The Bertz CT molecular complexity index is 465. The number of fused-ring (bicyclic) bond motifs is 1. The van der Waals surface area contributed by atoms with Gasteiger partial charge >= 0.3 is 0 Å². The highest BCUT2D eigenvalue weighted by Gasteiger charge is 2.34. The Morgan fingerprint density at radius 3 is 2.95 bits per heavy atom. The van der Waals surface area contributed by atoms with Gasteiger partial charge < -0.3 is 4.90 Å². The molecule has 3 rings (SSSR count). The lowest BCUT2D eigenvalue weighted by molar-refractivity contribution is 0.203. The number of piperazine rings is 1. The zero-order valence-electron chi connectivity index (χ0n) is 11.3. The molecule has 0 aromatic heterocycles. The molecule has 2 fully saturated rings. The molecule has 0 spiro atoms. The van der Waals surface area contributed by atoms with E-state index in [1.165, 1.54) is 37.2 Å². The van der Waals surface area contributed by atoms with Gasteiger partial charge in [0.05, 0.1) is 10.7 Å². The fourth-order valence-electron chi connectivity index (χ4n) is 3.39. The molecule has 0 amide bonds. The molecule has 2 atom stereocenters. The van der Waals surface area contributed by atoms with Gasteiger partial charge in [0.2, 0.25) is 0 Å². The summed E-state index contributed by atoms with van der Waals surface area (Å²) in [6.07, 6.45) is 2.68. The monoisotopic (exact) mass is 342 g/mol. The van der Waals surface area contributed by atoms with Gasteiger partial charge in [-0.3, -0.25) is 4.90 Å². The van der Waals surface area contributed by atoms with Crippen LogP contribution in [-0.2, 0) is 5.33 Å². The molecule has 0 aliphatic carbocycles. The zero-order chi connectivity index (χ0) is 13.4. The Morgan fingerprint density at radius 2 is 2.21 bits per heavy atom. The molecule has 104 valence electrons. The smallest absolute Gasteiger partial charge is 0.0642 e. The van der Waals surface area contributed by atoms with Crippen LogP contribution < -0.4 is 4.90 Å². The Morgan fingerprint density at radius 1 is 1.37 bits per heavy atom. The van der Waals surface area contributed by atoms with Crippen molar-refractivity contribution in [2.24, 2.45) is 0 Å². The molecule has 19 heavy (non-hydrogen) atoms. The number of halogens is 2. The quantitative estimate of drug-likeness (QED) is 0.751. The maximum absolute atomic E-state index is 6.47. The molecule has 2 unspecified atom stereocenters. The van der Waals surface area contributed by atoms with Crippen LogP contribution in [-0.4, -0.2) is 36.6 Å². The summed E-state index contributed by atoms with van der Waals surface area (Å²) in [6, 6.07) is 7.70. The van der Waals surface area contributed by atoms with Crippen molar-refractivity contribution >= 4 is 33.2 Å². The molecular weight excluding hydrogens is 324 g/mol. The van der Waals surface area contributed by atoms with Gasteiger partial charge in [0.1, 0.15) is 0 Å². The number of anilines is 1. The zero-order valence-corrected chi connectivity index (χ0v) is 13.6. The Balaban J connectivity index is 1.84. The molecule has 1 aromatic carbocycles. The van der Waals surface area contributed by atoms with E-state index < -0.39 is 0 Å². The summed E-state index contributed by atoms with van der Waals surface area (Å²) in [7, 11) is 0. The van der Waals surface area contributed by atoms with E-state index in [9.17, 15) is 0 Å². The van der Waals surface area contributed by atoms with E-state index in [0.29, 0.717) is 6.04 Å². The van der Waals surface area contributed by atoms with Crippen molar-refractivity contribution in [3.8, 4) is 0 Å². The molecule has 0 bridgehead atoms. The van der Waals surface area contributed by atoms with Crippen molar-refractivity contribution in [1.29, 1.82) is 0 Å². The van der Waals surface area contributed by atoms with Gasteiger partial charge in [-0.2, -0.15) is 0 Å². The lowest BCUT2D eigenvalue weighted by Gasteiger charge is -2.44. The standard InChI is InChI=1S/C15H20BrClN2/c1-11-9-18-6-2-3-13(18)10-19(11)15-5-4-12(8-16)7-14(15)17/h4-5,7,11,13H,2-3,6,8-10H2,1H3. The molecule has 0 N–H and O–H groups in total. The minimum Gasteiger partial charge on any atom is -0.365 e. The maximum atomic E-state index is 6.47. The number of hydrogen-bond donors (Lipinski definition) is 0. The normalized spacial score (nSPS) is 27.6. The average Bonchev–Trinajstić information content (AvgIpc) is 2.85. The highest BCUT2D eigenvalue weighted by Crippen LogP contribution is 2.33. The topological polar surface area (TPSA) is 6.48 Å². The molecule has 4 heteroatoms. The Hall–Kier alpha value is -0.250. The highest BCUT2D eigenvalue weighted by molar-refractivity contribution is 9.08. The van der Waals surface area contributed by atoms with E-state index in [0.717, 1.165) is 22.9 Å². The summed E-state index contributed by atoms with van der Waals surface area (Å²) in [4.78, 5) is 5.13. The van der Waals surface area contributed by atoms with Crippen molar-refractivity contribution in [2.45, 2.75) is 37.2 Å². The first-order valence-electron chi connectivity index (χ1n) is 7.04. The number of benzene rings is 1. The van der Waals surface area contributed by atoms with Crippen LogP contribution in [0.4, 0.5) is 5.69 Å². The van der Waals surface area contributed by atoms with Crippen LogP contribution >= 0.6 is 27.5 Å². The van der Waals surface area contributed by atoms with Gasteiger partial charge in [0.25, 0.3) is 0 Å². The Kier molecular flexibility index (Phi) is 4.06. The van der Waals surface area contributed by atoms with Gasteiger partial charge in [-0.05, 0) is 44.0 Å². The van der Waals surface area contributed by atoms with Crippen molar-refractivity contribution in [3.05, 3.63) is 28.8 Å². The fraction of sp³-hybridized carbons (Fsp3) is 0.600. The van der Waals surface area contributed by atoms with Crippen molar-refractivity contribution < 1.29 is 0 Å². The molecule has 0 radical (unpaired) electrons. The first-order chi connectivity index (χ1) is 9.19. The minimum atomic E-state index is 0.543. The lowest BCUT2D eigenvalue weighted by Crippen LogP contribution is -2.55. The largest absolute Gasteiger partial charge is 0.365 e. The first-order valence-corrected chi connectivity index (χ1v) is 8.54. The van der Waals surface area contributed by atoms with Gasteiger partial charge in [-0.1, -0.05) is 33.6 Å². The van der Waals surface area contributed by atoms with Crippen LogP contribution in [0.15, 0.2) is 18.2 Å². The van der Waals surface area contributed by atoms with E-state index in [1.807, 2.05) is 0 Å². The summed E-state index contributed by atoms with van der Waals surface area (Å²) < 4.78 is 0. The molecule has 2 saturated heterocycles. The second kappa shape index (κ2) is 5.63. The lowest BCUT2D eigenvalue weighted by atomic mass is 10.1. The van der Waals surface area contributed by atoms with Gasteiger partial charge in [-0.15, -0.1) is 0 Å². The van der Waals surface area contributed by atoms with Crippen molar-refractivity contribution in [2.75, 3.05) is 24.5 Å². The number of rotatable bonds is 2. The molecular formula is C15H20BrClN2. The third-order valence-electron chi connectivity index (χ3n) is 4.41. The van der Waals surface area contributed by atoms with Gasteiger partial charge in [-0.25, -0.2) is 0 Å². The van der Waals surface area contributed by atoms with Crippen LogP contribution in [0.3, 0.4) is 0 Å². The minimum absolute atomic E-state index is 0.543. The molecule has 0 saturated carbocycles. The predicted octanol–water partition coefficient (Wildman–Crippen LogP) is 3.91. The third-order valence-corrected chi connectivity index (χ3v) is 5.36. The van der Waals surface area contributed by atoms with Crippen LogP contribution in [0.1, 0.15) is 25.3 Å². The van der Waals surface area contributed by atoms with Gasteiger partial charge in [0, 0.05) is 30.5 Å². The van der Waals surface area contributed by atoms with Crippen LogP contribution in [0, 0.1) is 0 Å². The summed E-state index contributed by atoms with van der Waals surface area (Å²) in [5.41, 5.74) is 2.44. The molecule has 2 nitrogen and oxygen atoms in total. The van der Waals surface area contributed by atoms with Crippen molar-refractivity contribution in [1.82, 2.24) is 4.90 Å². The van der Waals surface area contributed by atoms with E-state index in [1.54, 1.807) is 0 Å². The van der Waals surface area contributed by atoms with E-state index in [4.69, 9.17) is 11.6 Å².